The fourth-order valence-corrected chi connectivity index (χ4v) is 3.73. The molecular formula is C20H24BrFN4O2. The maximum Gasteiger partial charge on any atom is 0.251 e. The third-order valence-electron chi connectivity index (χ3n) is 4.94. The normalized spacial score (nSPS) is 16.1. The minimum atomic E-state index is -0.388. The molecular weight excluding hydrogens is 427 g/mol. The lowest BCUT2D eigenvalue weighted by Crippen LogP contribution is -2.45. The molecule has 0 radical (unpaired) electrons. The van der Waals surface area contributed by atoms with Crippen LogP contribution in [0.15, 0.2) is 45.8 Å². The number of hydrogen-bond acceptors (Lipinski definition) is 4. The van der Waals surface area contributed by atoms with E-state index in [4.69, 9.17) is 0 Å². The van der Waals surface area contributed by atoms with E-state index in [1.54, 1.807) is 18.3 Å². The molecule has 28 heavy (non-hydrogen) atoms. The van der Waals surface area contributed by atoms with E-state index in [1.807, 2.05) is 6.92 Å². The van der Waals surface area contributed by atoms with Gasteiger partial charge in [0.1, 0.15) is 12.4 Å². The number of hydrogen-bond donors (Lipinski definition) is 1. The van der Waals surface area contributed by atoms with Crippen molar-refractivity contribution in [3.8, 4) is 0 Å². The van der Waals surface area contributed by atoms with Crippen LogP contribution in [0, 0.1) is 5.82 Å². The Kier molecular flexibility index (Phi) is 6.51. The summed E-state index contributed by atoms with van der Waals surface area (Å²) in [6.45, 7) is 5.30. The third kappa shape index (κ3) is 4.99. The number of piperazine rings is 1. The number of aromatic nitrogens is 1. The highest BCUT2D eigenvalue weighted by Gasteiger charge is 2.21. The highest BCUT2D eigenvalue weighted by molar-refractivity contribution is 9.10. The summed E-state index contributed by atoms with van der Waals surface area (Å²) in [4.78, 5) is 28.8. The van der Waals surface area contributed by atoms with Crippen LogP contribution >= 0.6 is 15.9 Å². The molecule has 2 aromatic rings. The van der Waals surface area contributed by atoms with Crippen molar-refractivity contribution in [3.05, 3.63) is 62.7 Å². The van der Waals surface area contributed by atoms with Crippen molar-refractivity contribution < 1.29 is 9.18 Å². The van der Waals surface area contributed by atoms with Crippen LogP contribution in [-0.4, -0.2) is 48.6 Å². The van der Waals surface area contributed by atoms with Gasteiger partial charge in [-0.25, -0.2) is 4.39 Å². The quantitative estimate of drug-likeness (QED) is 0.759. The van der Waals surface area contributed by atoms with E-state index in [0.717, 1.165) is 41.9 Å². The molecule has 0 spiro atoms. The Morgan fingerprint density at radius 3 is 2.64 bits per heavy atom. The molecule has 0 bridgehead atoms. The third-order valence-corrected chi connectivity index (χ3v) is 5.41. The molecule has 1 amide bonds. The van der Waals surface area contributed by atoms with Crippen LogP contribution in [-0.2, 0) is 11.3 Å². The molecule has 1 aliphatic rings. The van der Waals surface area contributed by atoms with Gasteiger partial charge in [-0.1, -0.05) is 0 Å². The van der Waals surface area contributed by atoms with Gasteiger partial charge in [-0.2, -0.15) is 0 Å². The number of benzene rings is 1. The van der Waals surface area contributed by atoms with E-state index < -0.39 is 0 Å². The summed E-state index contributed by atoms with van der Waals surface area (Å²) in [5, 5.41) is 2.89. The summed E-state index contributed by atoms with van der Waals surface area (Å²) in [7, 11) is 2.08. The van der Waals surface area contributed by atoms with Gasteiger partial charge in [-0.15, -0.1) is 0 Å². The van der Waals surface area contributed by atoms with Gasteiger partial charge in [0.2, 0.25) is 5.91 Å². The lowest BCUT2D eigenvalue weighted by Gasteiger charge is -2.36. The van der Waals surface area contributed by atoms with Crippen molar-refractivity contribution >= 4 is 27.5 Å². The van der Waals surface area contributed by atoms with Crippen molar-refractivity contribution in [1.29, 1.82) is 0 Å². The van der Waals surface area contributed by atoms with E-state index in [0.29, 0.717) is 0 Å². The molecule has 3 rings (SSSR count). The smallest absolute Gasteiger partial charge is 0.251 e. The number of likely N-dealkylation sites (N-methyl/N-ethyl adjacent to an activating group) is 1. The molecule has 1 fully saturated rings. The fraction of sp³-hybridized carbons (Fsp3) is 0.400. The second kappa shape index (κ2) is 8.87. The average Bonchev–Trinajstić information content (AvgIpc) is 2.65. The van der Waals surface area contributed by atoms with Crippen LogP contribution in [0.25, 0.3) is 0 Å². The molecule has 8 heteroatoms. The van der Waals surface area contributed by atoms with Crippen molar-refractivity contribution in [2.75, 3.05) is 38.1 Å². The summed E-state index contributed by atoms with van der Waals surface area (Å²) < 4.78 is 16.0. The van der Waals surface area contributed by atoms with Crippen LogP contribution in [0.2, 0.25) is 0 Å². The van der Waals surface area contributed by atoms with Crippen LogP contribution in [0.5, 0.6) is 0 Å². The topological polar surface area (TPSA) is 57.6 Å². The van der Waals surface area contributed by atoms with Gasteiger partial charge in [0.05, 0.1) is 6.04 Å². The zero-order valence-corrected chi connectivity index (χ0v) is 17.6. The largest absolute Gasteiger partial charge is 0.369 e. The summed E-state index contributed by atoms with van der Waals surface area (Å²) in [6.07, 6.45) is 1.57. The second-order valence-electron chi connectivity index (χ2n) is 7.10. The molecule has 0 aliphatic carbocycles. The monoisotopic (exact) mass is 450 g/mol. The van der Waals surface area contributed by atoms with Crippen molar-refractivity contribution in [1.82, 2.24) is 14.8 Å². The highest BCUT2D eigenvalue weighted by atomic mass is 79.9. The first-order valence-corrected chi connectivity index (χ1v) is 10.0. The van der Waals surface area contributed by atoms with E-state index >= 15 is 0 Å². The predicted molar refractivity (Wildman–Crippen MR) is 111 cm³/mol. The zero-order valence-electron chi connectivity index (χ0n) is 16.0. The number of nitrogens with one attached hydrogen (secondary N) is 1. The second-order valence-corrected chi connectivity index (χ2v) is 8.01. The van der Waals surface area contributed by atoms with E-state index in [9.17, 15) is 14.0 Å². The number of carbonyl (C=O) groups is 1. The molecule has 1 N–H and O–H groups in total. The van der Waals surface area contributed by atoms with E-state index in [1.165, 1.54) is 22.8 Å². The number of carbonyl (C=O) groups excluding carboxylic acids is 1. The molecule has 150 valence electrons. The maximum atomic E-state index is 13.9. The number of nitrogens with zero attached hydrogens (tertiary/aromatic N) is 3. The van der Waals surface area contributed by atoms with Gasteiger partial charge in [-0.05, 0) is 54.2 Å². The Hall–Kier alpha value is -2.19. The summed E-state index contributed by atoms with van der Waals surface area (Å²) in [5.74, 6) is -0.640. The van der Waals surface area contributed by atoms with Crippen LogP contribution in [0.3, 0.4) is 0 Å². The minimum absolute atomic E-state index is 0.0955. The molecule has 1 aromatic carbocycles. The first-order valence-electron chi connectivity index (χ1n) is 9.22. The Labute approximate surface area is 172 Å². The first kappa shape index (κ1) is 20.5. The van der Waals surface area contributed by atoms with Gasteiger partial charge in [0.15, 0.2) is 0 Å². The van der Waals surface area contributed by atoms with Crippen molar-refractivity contribution in [2.24, 2.45) is 0 Å². The Balaban J connectivity index is 1.75. The maximum absolute atomic E-state index is 13.9. The standard InChI is InChI=1S/C20H24BrFN4O2/c1-14(23-19(27)13-26-12-15(21)3-6-20(26)28)17-11-16(22)4-5-18(17)25-9-7-24(2)8-10-25/h3-6,11-12,14H,7-10,13H2,1-2H3,(H,23,27). The summed E-state index contributed by atoms with van der Waals surface area (Å²) in [5.41, 5.74) is 1.41. The van der Waals surface area contributed by atoms with Crippen LogP contribution in [0.4, 0.5) is 10.1 Å². The molecule has 1 unspecified atom stereocenters. The number of anilines is 1. The van der Waals surface area contributed by atoms with Gasteiger partial charge < -0.3 is 19.7 Å². The Morgan fingerprint density at radius 2 is 1.93 bits per heavy atom. The zero-order chi connectivity index (χ0) is 20.3. The van der Waals surface area contributed by atoms with Gasteiger partial charge in [-0.3, -0.25) is 9.59 Å². The molecule has 1 saturated heterocycles. The Morgan fingerprint density at radius 1 is 1.21 bits per heavy atom. The molecule has 1 aromatic heterocycles. The summed E-state index contributed by atoms with van der Waals surface area (Å²) >= 11 is 3.30. The van der Waals surface area contributed by atoms with Gasteiger partial charge in [0.25, 0.3) is 5.56 Å². The van der Waals surface area contributed by atoms with E-state index in [-0.39, 0.29) is 29.9 Å². The van der Waals surface area contributed by atoms with Gasteiger partial charge >= 0.3 is 0 Å². The SMILES string of the molecule is CC(NC(=O)Cn1cc(Br)ccc1=O)c1cc(F)ccc1N1CCN(C)CC1. The lowest BCUT2D eigenvalue weighted by molar-refractivity contribution is -0.122. The first-order chi connectivity index (χ1) is 13.3. The number of amides is 1. The Bertz CT molecular complexity index is 909. The molecule has 1 atom stereocenters. The van der Waals surface area contributed by atoms with Crippen LogP contribution < -0.4 is 15.8 Å². The highest BCUT2D eigenvalue weighted by Crippen LogP contribution is 2.28. The van der Waals surface area contributed by atoms with Crippen molar-refractivity contribution in [2.45, 2.75) is 19.5 Å². The van der Waals surface area contributed by atoms with E-state index in [2.05, 4.69) is 38.1 Å². The summed E-state index contributed by atoms with van der Waals surface area (Å²) in [6, 6.07) is 7.35. The predicted octanol–water partition coefficient (Wildman–Crippen LogP) is 2.38. The van der Waals surface area contributed by atoms with Crippen molar-refractivity contribution in [3.63, 3.8) is 0 Å². The molecule has 2 heterocycles. The molecule has 1 aliphatic heterocycles. The van der Waals surface area contributed by atoms with Gasteiger partial charge in [0, 0.05) is 54.2 Å². The number of rotatable bonds is 5. The minimum Gasteiger partial charge on any atom is -0.369 e. The lowest BCUT2D eigenvalue weighted by atomic mass is 10.0. The fourth-order valence-electron chi connectivity index (χ4n) is 3.35. The number of pyridine rings is 1. The molecule has 0 saturated carbocycles. The number of halogens is 2. The molecule has 6 nitrogen and oxygen atoms in total. The van der Waals surface area contributed by atoms with Crippen LogP contribution in [0.1, 0.15) is 18.5 Å². The average molecular weight is 451 g/mol.